The van der Waals surface area contributed by atoms with E-state index in [1.54, 1.807) is 42.5 Å². The molecule has 0 spiro atoms. The summed E-state index contributed by atoms with van der Waals surface area (Å²) in [7, 11) is 1.53. The number of carbonyl (C=O) groups excluding carboxylic acids is 2. The molecule has 1 aliphatic carbocycles. The maximum atomic E-state index is 12.9. The monoisotopic (exact) mass is 461 g/mol. The van der Waals surface area contributed by atoms with Gasteiger partial charge in [0.05, 0.1) is 24.4 Å². The molecule has 30 heavy (non-hydrogen) atoms. The molecule has 3 aromatic rings. The summed E-state index contributed by atoms with van der Waals surface area (Å²) in [5, 5.41) is 7.21. The molecule has 1 atom stereocenters. The summed E-state index contributed by atoms with van der Waals surface area (Å²) in [5.41, 5.74) is 1.69. The van der Waals surface area contributed by atoms with Crippen LogP contribution in [0.25, 0.3) is 0 Å². The van der Waals surface area contributed by atoms with Crippen molar-refractivity contribution < 1.29 is 14.3 Å². The summed E-state index contributed by atoms with van der Waals surface area (Å²) in [6, 6.07) is 11.6. The Bertz CT molecular complexity index is 1120. The second-order valence-corrected chi connectivity index (χ2v) is 8.67. The molecule has 154 valence electrons. The number of nitrogens with zero attached hydrogens (tertiary/aromatic N) is 1. The normalized spacial score (nSPS) is 14.8. The smallest absolute Gasteiger partial charge is 0.257 e. The Morgan fingerprint density at radius 2 is 1.83 bits per heavy atom. The second kappa shape index (κ2) is 8.63. The van der Waals surface area contributed by atoms with E-state index in [0.717, 1.165) is 11.3 Å². The van der Waals surface area contributed by atoms with Gasteiger partial charge in [0.15, 0.2) is 5.13 Å². The van der Waals surface area contributed by atoms with Gasteiger partial charge in [0, 0.05) is 20.5 Å². The van der Waals surface area contributed by atoms with Crippen LogP contribution in [0, 0.1) is 0 Å². The lowest BCUT2D eigenvalue weighted by Gasteiger charge is -2.14. The molecule has 4 rings (SSSR count). The van der Waals surface area contributed by atoms with Crippen LogP contribution in [-0.4, -0.2) is 23.9 Å². The lowest BCUT2D eigenvalue weighted by atomic mass is 10.1. The molecule has 1 unspecified atom stereocenters. The number of benzene rings is 2. The summed E-state index contributed by atoms with van der Waals surface area (Å²) in [6.45, 7) is 0. The van der Waals surface area contributed by atoms with Gasteiger partial charge < -0.3 is 10.1 Å². The number of fused-ring (bicyclic) bond motifs is 1. The Kier molecular flexibility index (Phi) is 5.94. The molecule has 0 fully saturated rings. The quantitative estimate of drug-likeness (QED) is 0.534. The Morgan fingerprint density at radius 3 is 2.57 bits per heavy atom. The molecule has 0 saturated carbocycles. The zero-order chi connectivity index (χ0) is 21.3. The maximum Gasteiger partial charge on any atom is 0.257 e. The Balaban J connectivity index is 1.49. The van der Waals surface area contributed by atoms with Crippen molar-refractivity contribution in [1.82, 2.24) is 4.98 Å². The van der Waals surface area contributed by atoms with Gasteiger partial charge in [0.25, 0.3) is 5.91 Å². The number of anilines is 2. The fraction of sp³-hybridized carbons (Fsp3) is 0.190. The van der Waals surface area contributed by atoms with E-state index in [1.807, 2.05) is 0 Å². The lowest BCUT2D eigenvalue weighted by Crippen LogP contribution is -2.20. The topological polar surface area (TPSA) is 80.3 Å². The first-order valence-electron chi connectivity index (χ1n) is 9.15. The molecule has 2 aromatic carbocycles. The van der Waals surface area contributed by atoms with Gasteiger partial charge in [-0.05, 0) is 55.3 Å². The first-order chi connectivity index (χ1) is 14.4. The first-order valence-corrected chi connectivity index (χ1v) is 10.7. The van der Waals surface area contributed by atoms with Crippen molar-refractivity contribution in [2.75, 3.05) is 17.7 Å². The Labute approximate surface area is 187 Å². The maximum absolute atomic E-state index is 12.9. The van der Waals surface area contributed by atoms with Crippen LogP contribution in [0.15, 0.2) is 42.5 Å². The van der Waals surface area contributed by atoms with Crippen molar-refractivity contribution in [2.24, 2.45) is 0 Å². The van der Waals surface area contributed by atoms with E-state index < -0.39 is 5.92 Å². The lowest BCUT2D eigenvalue weighted by molar-refractivity contribution is -0.117. The van der Waals surface area contributed by atoms with Gasteiger partial charge in [-0.15, -0.1) is 11.3 Å². The van der Waals surface area contributed by atoms with Crippen LogP contribution in [0.5, 0.6) is 5.75 Å². The Hall–Kier alpha value is -2.61. The van der Waals surface area contributed by atoms with Gasteiger partial charge in [-0.2, -0.15) is 0 Å². The van der Waals surface area contributed by atoms with Crippen molar-refractivity contribution in [3.05, 3.63) is 68.6 Å². The number of aryl methyl sites for hydroxylation is 1. The molecular weight excluding hydrogens is 445 g/mol. The highest BCUT2D eigenvalue weighted by atomic mass is 35.5. The van der Waals surface area contributed by atoms with E-state index >= 15 is 0 Å². The molecule has 0 bridgehead atoms. The minimum Gasteiger partial charge on any atom is -0.495 e. The first kappa shape index (κ1) is 20.7. The molecule has 0 saturated heterocycles. The zero-order valence-electron chi connectivity index (χ0n) is 15.9. The zero-order valence-corrected chi connectivity index (χ0v) is 18.2. The molecule has 0 radical (unpaired) electrons. The molecule has 0 aliphatic heterocycles. The predicted molar refractivity (Wildman–Crippen MR) is 119 cm³/mol. The minimum absolute atomic E-state index is 0.185. The highest BCUT2D eigenvalue weighted by Gasteiger charge is 2.33. The number of methoxy groups -OCH3 is 1. The van der Waals surface area contributed by atoms with Gasteiger partial charge in [0.1, 0.15) is 5.75 Å². The Morgan fingerprint density at radius 1 is 1.10 bits per heavy atom. The number of nitrogens with one attached hydrogen (secondary N) is 2. The number of ether oxygens (including phenoxy) is 1. The number of hydrogen-bond acceptors (Lipinski definition) is 5. The number of amides is 2. The van der Waals surface area contributed by atoms with Crippen molar-refractivity contribution in [1.29, 1.82) is 0 Å². The van der Waals surface area contributed by atoms with Crippen molar-refractivity contribution >= 4 is 57.2 Å². The van der Waals surface area contributed by atoms with Gasteiger partial charge >= 0.3 is 0 Å². The minimum atomic E-state index is -0.402. The van der Waals surface area contributed by atoms with Crippen molar-refractivity contribution in [3.63, 3.8) is 0 Å². The van der Waals surface area contributed by atoms with E-state index in [-0.39, 0.29) is 11.8 Å². The van der Waals surface area contributed by atoms with Gasteiger partial charge in [0.2, 0.25) is 5.91 Å². The van der Waals surface area contributed by atoms with E-state index in [4.69, 9.17) is 27.9 Å². The standard InChI is InChI=1S/C21H17Cl2N3O3S/c1-29-16-8-6-13(23)10-15(16)24-20(28)14-7-9-17-18(14)25-21(30-17)26-19(27)11-2-4-12(22)5-3-11/h2-6,8,10,14H,7,9H2,1H3,(H,24,28)(H,25,26,27). The predicted octanol–water partition coefficient (Wildman–Crippen LogP) is 5.38. The van der Waals surface area contributed by atoms with Crippen LogP contribution in [0.3, 0.4) is 0 Å². The SMILES string of the molecule is COc1ccc(Cl)cc1NC(=O)C1CCc2sc(NC(=O)c3ccc(Cl)cc3)nc21. The summed E-state index contributed by atoms with van der Waals surface area (Å²) >= 11 is 13.3. The third-order valence-electron chi connectivity index (χ3n) is 4.78. The third kappa shape index (κ3) is 4.28. The van der Waals surface area contributed by atoms with Gasteiger partial charge in [-0.25, -0.2) is 4.98 Å². The fourth-order valence-corrected chi connectivity index (χ4v) is 4.64. The molecule has 1 aliphatic rings. The molecule has 2 amide bonds. The van der Waals surface area contributed by atoms with Crippen molar-refractivity contribution in [3.8, 4) is 5.75 Å². The van der Waals surface area contributed by atoms with Crippen LogP contribution in [0.1, 0.15) is 33.3 Å². The molecule has 1 heterocycles. The highest BCUT2D eigenvalue weighted by molar-refractivity contribution is 7.16. The summed E-state index contributed by atoms with van der Waals surface area (Å²) in [5.74, 6) is -0.333. The number of rotatable bonds is 5. The van der Waals surface area contributed by atoms with Crippen LogP contribution in [-0.2, 0) is 11.2 Å². The summed E-state index contributed by atoms with van der Waals surface area (Å²) in [4.78, 5) is 30.8. The number of hydrogen-bond donors (Lipinski definition) is 2. The van der Waals surface area contributed by atoms with Crippen LogP contribution < -0.4 is 15.4 Å². The average molecular weight is 462 g/mol. The fourth-order valence-electron chi connectivity index (χ4n) is 3.30. The number of thiazole rings is 1. The number of halogens is 2. The van der Waals surface area contributed by atoms with Crippen LogP contribution in [0.2, 0.25) is 10.0 Å². The van der Waals surface area contributed by atoms with E-state index in [0.29, 0.717) is 44.3 Å². The van der Waals surface area contributed by atoms with Gasteiger partial charge in [-0.3, -0.25) is 14.9 Å². The highest BCUT2D eigenvalue weighted by Crippen LogP contribution is 2.39. The van der Waals surface area contributed by atoms with E-state index in [2.05, 4.69) is 15.6 Å². The van der Waals surface area contributed by atoms with Crippen molar-refractivity contribution in [2.45, 2.75) is 18.8 Å². The van der Waals surface area contributed by atoms with Gasteiger partial charge in [-0.1, -0.05) is 23.2 Å². The van der Waals surface area contributed by atoms with E-state index in [9.17, 15) is 9.59 Å². The third-order valence-corrected chi connectivity index (χ3v) is 6.31. The van der Waals surface area contributed by atoms with E-state index in [1.165, 1.54) is 18.4 Å². The second-order valence-electron chi connectivity index (χ2n) is 6.71. The largest absolute Gasteiger partial charge is 0.495 e. The molecular formula is C21H17Cl2N3O3S. The summed E-state index contributed by atoms with van der Waals surface area (Å²) < 4.78 is 5.29. The molecule has 2 N–H and O–H groups in total. The molecule has 9 heteroatoms. The van der Waals surface area contributed by atoms with Crippen LogP contribution >= 0.6 is 34.5 Å². The summed E-state index contributed by atoms with van der Waals surface area (Å²) in [6.07, 6.45) is 1.39. The van der Waals surface area contributed by atoms with Crippen LogP contribution in [0.4, 0.5) is 10.8 Å². The average Bonchev–Trinajstić information content (AvgIpc) is 3.28. The molecule has 1 aromatic heterocycles. The number of carbonyl (C=O) groups is 2. The number of aromatic nitrogens is 1. The molecule has 6 nitrogen and oxygen atoms in total.